The molecule has 0 saturated carbocycles. The number of aliphatic hydroxyl groups excluding tert-OH is 1. The Morgan fingerprint density at radius 1 is 1.37 bits per heavy atom. The Kier molecular flexibility index (Phi) is 4.48. The van der Waals surface area contributed by atoms with Crippen molar-refractivity contribution in [2.75, 3.05) is 20.3 Å². The molecule has 106 valence electrons. The fourth-order valence-electron chi connectivity index (χ4n) is 2.46. The van der Waals surface area contributed by atoms with Crippen molar-refractivity contribution >= 4 is 0 Å². The summed E-state index contributed by atoms with van der Waals surface area (Å²) < 4.78 is 5.64. The minimum absolute atomic E-state index is 0.0150. The van der Waals surface area contributed by atoms with E-state index >= 15 is 0 Å². The van der Waals surface area contributed by atoms with E-state index in [0.717, 1.165) is 38.2 Å². The third kappa shape index (κ3) is 3.48. The van der Waals surface area contributed by atoms with Crippen LogP contribution >= 0.6 is 0 Å². The number of rotatable bonds is 5. The van der Waals surface area contributed by atoms with E-state index in [1.54, 1.807) is 0 Å². The minimum Gasteiger partial charge on any atom is -0.493 e. The molecule has 1 N–H and O–H groups in total. The van der Waals surface area contributed by atoms with Crippen LogP contribution in [-0.2, 0) is 13.0 Å². The molecule has 0 spiro atoms. The monoisotopic (exact) mass is 263 g/mol. The van der Waals surface area contributed by atoms with Crippen molar-refractivity contribution in [3.63, 3.8) is 0 Å². The van der Waals surface area contributed by atoms with Crippen LogP contribution in [0.15, 0.2) is 18.2 Å². The van der Waals surface area contributed by atoms with E-state index < -0.39 is 0 Å². The molecule has 0 fully saturated rings. The van der Waals surface area contributed by atoms with Crippen molar-refractivity contribution in [2.24, 2.45) is 0 Å². The van der Waals surface area contributed by atoms with Crippen molar-refractivity contribution in [2.45, 2.75) is 45.2 Å². The molecule has 0 aliphatic carbocycles. The maximum Gasteiger partial charge on any atom is 0.122 e. The first-order chi connectivity index (χ1) is 9.03. The standard InChI is InChI=1S/C16H25NO2/c1-16(2,8-9-18)17(3)12-13-6-7-15-14(11-13)5-4-10-19-15/h6-7,11,18H,4-5,8-10,12H2,1-3H3. The number of hydrogen-bond acceptors (Lipinski definition) is 3. The smallest absolute Gasteiger partial charge is 0.122 e. The molecule has 1 aliphatic heterocycles. The van der Waals surface area contributed by atoms with Gasteiger partial charge in [-0.1, -0.05) is 12.1 Å². The van der Waals surface area contributed by atoms with Gasteiger partial charge in [-0.25, -0.2) is 0 Å². The highest BCUT2D eigenvalue weighted by Gasteiger charge is 2.23. The largest absolute Gasteiger partial charge is 0.493 e. The highest BCUT2D eigenvalue weighted by molar-refractivity contribution is 5.38. The summed E-state index contributed by atoms with van der Waals surface area (Å²) in [7, 11) is 2.12. The average Bonchev–Trinajstić information content (AvgIpc) is 2.38. The summed E-state index contributed by atoms with van der Waals surface area (Å²) >= 11 is 0. The van der Waals surface area contributed by atoms with Crippen LogP contribution in [0.2, 0.25) is 0 Å². The van der Waals surface area contributed by atoms with E-state index in [2.05, 4.69) is 44.0 Å². The first kappa shape index (κ1) is 14.4. The second kappa shape index (κ2) is 5.93. The summed E-state index contributed by atoms with van der Waals surface area (Å²) in [4.78, 5) is 2.30. The fraction of sp³-hybridized carbons (Fsp3) is 0.625. The molecule has 3 nitrogen and oxygen atoms in total. The van der Waals surface area contributed by atoms with E-state index in [4.69, 9.17) is 9.84 Å². The van der Waals surface area contributed by atoms with E-state index in [0.29, 0.717) is 0 Å². The van der Waals surface area contributed by atoms with Gasteiger partial charge < -0.3 is 9.84 Å². The molecule has 0 aromatic heterocycles. The van der Waals surface area contributed by atoms with Gasteiger partial charge in [-0.15, -0.1) is 0 Å². The lowest BCUT2D eigenvalue weighted by Gasteiger charge is -2.35. The number of aliphatic hydroxyl groups is 1. The Morgan fingerprint density at radius 3 is 2.89 bits per heavy atom. The number of benzene rings is 1. The van der Waals surface area contributed by atoms with Crippen LogP contribution in [0.4, 0.5) is 0 Å². The molecule has 0 bridgehead atoms. The maximum absolute atomic E-state index is 9.13. The van der Waals surface area contributed by atoms with Crippen molar-refractivity contribution in [3.8, 4) is 5.75 Å². The predicted octanol–water partition coefficient (Wildman–Crippen LogP) is 2.60. The van der Waals surface area contributed by atoms with Gasteiger partial charge in [0.25, 0.3) is 0 Å². The van der Waals surface area contributed by atoms with Gasteiger partial charge in [0.2, 0.25) is 0 Å². The number of ether oxygens (including phenoxy) is 1. The first-order valence-corrected chi connectivity index (χ1v) is 7.09. The normalized spacial score (nSPS) is 15.2. The van der Waals surface area contributed by atoms with Crippen LogP contribution < -0.4 is 4.74 Å². The zero-order valence-corrected chi connectivity index (χ0v) is 12.3. The Labute approximate surface area is 116 Å². The molecule has 3 heteroatoms. The molecule has 0 unspecified atom stereocenters. The molecule has 0 atom stereocenters. The van der Waals surface area contributed by atoms with Gasteiger partial charge in [0.05, 0.1) is 6.61 Å². The van der Waals surface area contributed by atoms with E-state index in [1.165, 1.54) is 11.1 Å². The molecule has 19 heavy (non-hydrogen) atoms. The third-order valence-corrected chi connectivity index (χ3v) is 4.15. The van der Waals surface area contributed by atoms with Gasteiger partial charge in [0.15, 0.2) is 0 Å². The topological polar surface area (TPSA) is 32.7 Å². The molecule has 1 aromatic carbocycles. The minimum atomic E-state index is 0.0150. The first-order valence-electron chi connectivity index (χ1n) is 7.09. The maximum atomic E-state index is 9.13. The average molecular weight is 263 g/mol. The summed E-state index contributed by atoms with van der Waals surface area (Å²) in [6.07, 6.45) is 3.02. The van der Waals surface area contributed by atoms with Gasteiger partial charge in [-0.05, 0) is 57.4 Å². The number of hydrogen-bond donors (Lipinski definition) is 1. The Morgan fingerprint density at radius 2 is 2.16 bits per heavy atom. The SMILES string of the molecule is CN(Cc1ccc2c(c1)CCCO2)C(C)(C)CCO. The Bertz CT molecular complexity index is 429. The summed E-state index contributed by atoms with van der Waals surface area (Å²) in [6.45, 7) is 6.32. The van der Waals surface area contributed by atoms with Crippen LogP contribution in [0.5, 0.6) is 5.75 Å². The third-order valence-electron chi connectivity index (χ3n) is 4.15. The molecular formula is C16H25NO2. The fourth-order valence-corrected chi connectivity index (χ4v) is 2.46. The highest BCUT2D eigenvalue weighted by Crippen LogP contribution is 2.27. The summed E-state index contributed by atoms with van der Waals surface area (Å²) in [6, 6.07) is 6.51. The van der Waals surface area contributed by atoms with Crippen LogP contribution in [0.3, 0.4) is 0 Å². The van der Waals surface area contributed by atoms with Gasteiger partial charge in [-0.3, -0.25) is 4.90 Å². The number of aryl methyl sites for hydroxylation is 1. The predicted molar refractivity (Wildman–Crippen MR) is 77.5 cm³/mol. The second-order valence-electron chi connectivity index (χ2n) is 6.04. The van der Waals surface area contributed by atoms with Gasteiger partial charge in [0.1, 0.15) is 5.75 Å². The lowest BCUT2D eigenvalue weighted by atomic mass is 9.97. The second-order valence-corrected chi connectivity index (χ2v) is 6.04. The molecule has 0 saturated heterocycles. The Hall–Kier alpha value is -1.06. The van der Waals surface area contributed by atoms with Crippen LogP contribution in [0.1, 0.15) is 37.8 Å². The molecular weight excluding hydrogens is 238 g/mol. The quantitative estimate of drug-likeness (QED) is 0.886. The van der Waals surface area contributed by atoms with Gasteiger partial charge in [0, 0.05) is 18.7 Å². The van der Waals surface area contributed by atoms with Crippen molar-refractivity contribution in [1.29, 1.82) is 0 Å². The molecule has 0 radical (unpaired) electrons. The lowest BCUT2D eigenvalue weighted by Crippen LogP contribution is -2.41. The van der Waals surface area contributed by atoms with Crippen molar-refractivity contribution in [1.82, 2.24) is 4.90 Å². The lowest BCUT2D eigenvalue weighted by molar-refractivity contribution is 0.110. The summed E-state index contributed by atoms with van der Waals surface area (Å²) in [5, 5.41) is 9.13. The van der Waals surface area contributed by atoms with Crippen molar-refractivity contribution < 1.29 is 9.84 Å². The van der Waals surface area contributed by atoms with Crippen LogP contribution in [0, 0.1) is 0 Å². The van der Waals surface area contributed by atoms with Crippen LogP contribution in [-0.4, -0.2) is 35.8 Å². The van der Waals surface area contributed by atoms with Gasteiger partial charge >= 0.3 is 0 Å². The van der Waals surface area contributed by atoms with Crippen LogP contribution in [0.25, 0.3) is 0 Å². The zero-order chi connectivity index (χ0) is 13.9. The molecule has 1 aromatic rings. The van der Waals surface area contributed by atoms with Crippen molar-refractivity contribution in [3.05, 3.63) is 29.3 Å². The Balaban J connectivity index is 2.07. The number of nitrogens with zero attached hydrogens (tertiary/aromatic N) is 1. The van der Waals surface area contributed by atoms with E-state index in [9.17, 15) is 0 Å². The summed E-state index contributed by atoms with van der Waals surface area (Å²) in [5.74, 6) is 1.05. The zero-order valence-electron chi connectivity index (χ0n) is 12.3. The van der Waals surface area contributed by atoms with E-state index in [-0.39, 0.29) is 12.1 Å². The number of fused-ring (bicyclic) bond motifs is 1. The van der Waals surface area contributed by atoms with E-state index in [1.807, 2.05) is 0 Å². The molecule has 2 rings (SSSR count). The molecule has 1 aliphatic rings. The molecule has 0 amide bonds. The van der Waals surface area contributed by atoms with Gasteiger partial charge in [-0.2, -0.15) is 0 Å². The highest BCUT2D eigenvalue weighted by atomic mass is 16.5. The summed E-state index contributed by atoms with van der Waals surface area (Å²) in [5.41, 5.74) is 2.66. The molecule has 1 heterocycles.